The predicted molar refractivity (Wildman–Crippen MR) is 69.9 cm³/mol. The Morgan fingerprint density at radius 2 is 2.24 bits per heavy atom. The van der Waals surface area contributed by atoms with Crippen molar-refractivity contribution in [3.8, 4) is 0 Å². The molecule has 1 fully saturated rings. The van der Waals surface area contributed by atoms with Crippen LogP contribution >= 0.6 is 0 Å². The summed E-state index contributed by atoms with van der Waals surface area (Å²) < 4.78 is 0. The normalized spacial score (nSPS) is 23.4. The molecular formula is C15H22N2. The Bertz CT molecular complexity index is 371. The SMILES string of the molecule is c1cnc2c(c1)CCCC2NCCCC1CC1. The van der Waals surface area contributed by atoms with Gasteiger partial charge in [-0.25, -0.2) is 0 Å². The molecule has 3 rings (SSSR count). The predicted octanol–water partition coefficient (Wildman–Crippen LogP) is 3.24. The fraction of sp³-hybridized carbons (Fsp3) is 0.667. The lowest BCUT2D eigenvalue weighted by Crippen LogP contribution is -2.27. The molecule has 1 aromatic heterocycles. The fourth-order valence-electron chi connectivity index (χ4n) is 2.88. The molecule has 0 amide bonds. The molecular weight excluding hydrogens is 208 g/mol. The number of aryl methyl sites for hydroxylation is 1. The summed E-state index contributed by atoms with van der Waals surface area (Å²) in [4.78, 5) is 4.56. The van der Waals surface area contributed by atoms with Crippen LogP contribution in [0.5, 0.6) is 0 Å². The van der Waals surface area contributed by atoms with Crippen molar-refractivity contribution in [1.29, 1.82) is 0 Å². The Hall–Kier alpha value is -0.890. The zero-order valence-electron chi connectivity index (χ0n) is 10.5. The first-order valence-corrected chi connectivity index (χ1v) is 7.10. The summed E-state index contributed by atoms with van der Waals surface area (Å²) in [7, 11) is 0. The van der Waals surface area contributed by atoms with Crippen molar-refractivity contribution in [2.75, 3.05) is 6.54 Å². The van der Waals surface area contributed by atoms with E-state index < -0.39 is 0 Å². The molecule has 2 nitrogen and oxygen atoms in total. The number of hydrogen-bond acceptors (Lipinski definition) is 2. The lowest BCUT2D eigenvalue weighted by molar-refractivity contribution is 0.438. The van der Waals surface area contributed by atoms with Crippen LogP contribution in [0.4, 0.5) is 0 Å². The maximum Gasteiger partial charge on any atom is 0.0605 e. The molecule has 0 aromatic carbocycles. The monoisotopic (exact) mass is 230 g/mol. The first-order chi connectivity index (χ1) is 8.43. The van der Waals surface area contributed by atoms with E-state index in [4.69, 9.17) is 0 Å². The van der Waals surface area contributed by atoms with Crippen LogP contribution < -0.4 is 5.32 Å². The molecule has 1 N–H and O–H groups in total. The summed E-state index contributed by atoms with van der Waals surface area (Å²) in [6, 6.07) is 4.81. The first-order valence-electron chi connectivity index (χ1n) is 7.10. The lowest BCUT2D eigenvalue weighted by atomic mass is 9.92. The van der Waals surface area contributed by atoms with Crippen molar-refractivity contribution in [3.63, 3.8) is 0 Å². The van der Waals surface area contributed by atoms with Crippen molar-refractivity contribution < 1.29 is 0 Å². The van der Waals surface area contributed by atoms with Crippen molar-refractivity contribution >= 4 is 0 Å². The average Bonchev–Trinajstić information content (AvgIpc) is 3.19. The minimum absolute atomic E-state index is 0.513. The number of aromatic nitrogens is 1. The van der Waals surface area contributed by atoms with Gasteiger partial charge in [-0.15, -0.1) is 0 Å². The van der Waals surface area contributed by atoms with Gasteiger partial charge in [-0.05, 0) is 56.2 Å². The van der Waals surface area contributed by atoms with E-state index in [0.717, 1.165) is 12.5 Å². The molecule has 1 saturated carbocycles. The first kappa shape index (κ1) is 11.2. The third-order valence-electron chi connectivity index (χ3n) is 4.07. The summed E-state index contributed by atoms with van der Waals surface area (Å²) >= 11 is 0. The molecule has 0 radical (unpaired) electrons. The van der Waals surface area contributed by atoms with Crippen molar-refractivity contribution in [1.82, 2.24) is 10.3 Å². The Labute approximate surface area is 104 Å². The number of nitrogens with zero attached hydrogens (tertiary/aromatic N) is 1. The van der Waals surface area contributed by atoms with Crippen molar-refractivity contribution in [3.05, 3.63) is 29.6 Å². The van der Waals surface area contributed by atoms with E-state index >= 15 is 0 Å². The van der Waals surface area contributed by atoms with E-state index in [1.54, 1.807) is 0 Å². The van der Waals surface area contributed by atoms with E-state index in [1.165, 1.54) is 56.2 Å². The third-order valence-corrected chi connectivity index (χ3v) is 4.07. The molecule has 1 aromatic rings. The molecule has 0 saturated heterocycles. The van der Waals surface area contributed by atoms with Crippen LogP contribution in [0.25, 0.3) is 0 Å². The maximum absolute atomic E-state index is 4.56. The Balaban J connectivity index is 1.52. The Morgan fingerprint density at radius 3 is 3.12 bits per heavy atom. The summed E-state index contributed by atoms with van der Waals surface area (Å²) in [5, 5.41) is 3.70. The second-order valence-electron chi connectivity index (χ2n) is 5.53. The molecule has 1 heterocycles. The van der Waals surface area contributed by atoms with Gasteiger partial charge in [0.15, 0.2) is 0 Å². The standard InChI is InChI=1S/C15H22N2/c1-5-13-6-3-11-17-15(13)14(7-1)16-10-2-4-12-8-9-12/h3,6,11-12,14,16H,1-2,4-5,7-10H2. The highest BCUT2D eigenvalue weighted by atomic mass is 14.9. The molecule has 2 aliphatic rings. The quantitative estimate of drug-likeness (QED) is 0.785. The molecule has 92 valence electrons. The second-order valence-corrected chi connectivity index (χ2v) is 5.53. The number of rotatable bonds is 5. The minimum atomic E-state index is 0.513. The highest BCUT2D eigenvalue weighted by molar-refractivity contribution is 5.25. The largest absolute Gasteiger partial charge is 0.309 e. The third kappa shape index (κ3) is 2.86. The van der Waals surface area contributed by atoms with Gasteiger partial charge in [-0.3, -0.25) is 4.98 Å². The van der Waals surface area contributed by atoms with Gasteiger partial charge >= 0.3 is 0 Å². The molecule has 2 aliphatic carbocycles. The zero-order chi connectivity index (χ0) is 11.5. The van der Waals surface area contributed by atoms with E-state index in [0.29, 0.717) is 6.04 Å². The molecule has 1 unspecified atom stereocenters. The molecule has 17 heavy (non-hydrogen) atoms. The van der Waals surface area contributed by atoms with Crippen LogP contribution in [-0.4, -0.2) is 11.5 Å². The van der Waals surface area contributed by atoms with Gasteiger partial charge in [0.2, 0.25) is 0 Å². The van der Waals surface area contributed by atoms with E-state index in [1.807, 2.05) is 6.20 Å². The van der Waals surface area contributed by atoms with Gasteiger partial charge in [-0.2, -0.15) is 0 Å². The summed E-state index contributed by atoms with van der Waals surface area (Å²) in [6.45, 7) is 1.16. The van der Waals surface area contributed by atoms with Crippen molar-refractivity contribution in [2.45, 2.75) is 51.0 Å². The van der Waals surface area contributed by atoms with Gasteiger partial charge in [0.25, 0.3) is 0 Å². The van der Waals surface area contributed by atoms with Crippen molar-refractivity contribution in [2.24, 2.45) is 5.92 Å². The van der Waals surface area contributed by atoms with Crippen LogP contribution in [0, 0.1) is 5.92 Å². The highest BCUT2D eigenvalue weighted by Crippen LogP contribution is 2.33. The van der Waals surface area contributed by atoms with Gasteiger partial charge < -0.3 is 5.32 Å². The van der Waals surface area contributed by atoms with E-state index in [2.05, 4.69) is 22.4 Å². The topological polar surface area (TPSA) is 24.9 Å². The maximum atomic E-state index is 4.56. The van der Waals surface area contributed by atoms with Crippen LogP contribution in [0.2, 0.25) is 0 Å². The molecule has 2 heteroatoms. The smallest absolute Gasteiger partial charge is 0.0605 e. The Morgan fingerprint density at radius 1 is 1.29 bits per heavy atom. The number of fused-ring (bicyclic) bond motifs is 1. The average molecular weight is 230 g/mol. The van der Waals surface area contributed by atoms with E-state index in [-0.39, 0.29) is 0 Å². The van der Waals surface area contributed by atoms with E-state index in [9.17, 15) is 0 Å². The summed E-state index contributed by atoms with van der Waals surface area (Å²) in [6.07, 6.45) is 11.4. The summed E-state index contributed by atoms with van der Waals surface area (Å²) in [5.74, 6) is 1.06. The lowest BCUT2D eigenvalue weighted by Gasteiger charge is -2.25. The molecule has 0 spiro atoms. The van der Waals surface area contributed by atoms with Gasteiger partial charge in [0.1, 0.15) is 0 Å². The van der Waals surface area contributed by atoms with Gasteiger partial charge in [0, 0.05) is 12.2 Å². The fourth-order valence-corrected chi connectivity index (χ4v) is 2.88. The zero-order valence-corrected chi connectivity index (χ0v) is 10.5. The minimum Gasteiger partial charge on any atom is -0.309 e. The summed E-state index contributed by atoms with van der Waals surface area (Å²) in [5.41, 5.74) is 2.77. The highest BCUT2D eigenvalue weighted by Gasteiger charge is 2.22. The second kappa shape index (κ2) is 5.18. The van der Waals surface area contributed by atoms with Crippen LogP contribution in [0.1, 0.15) is 55.8 Å². The number of pyridine rings is 1. The van der Waals surface area contributed by atoms with Crippen LogP contribution in [0.15, 0.2) is 18.3 Å². The molecule has 0 aliphatic heterocycles. The molecule has 1 atom stereocenters. The Kier molecular flexibility index (Phi) is 3.41. The van der Waals surface area contributed by atoms with Crippen LogP contribution in [0.3, 0.4) is 0 Å². The van der Waals surface area contributed by atoms with Crippen LogP contribution in [-0.2, 0) is 6.42 Å². The molecule has 0 bridgehead atoms. The number of nitrogens with one attached hydrogen (secondary N) is 1. The van der Waals surface area contributed by atoms with Gasteiger partial charge in [0.05, 0.1) is 5.69 Å². The number of hydrogen-bond donors (Lipinski definition) is 1. The van der Waals surface area contributed by atoms with Gasteiger partial charge in [-0.1, -0.05) is 18.9 Å².